The molecule has 1 saturated heterocycles. The first-order valence-electron chi connectivity index (χ1n) is 5.78. The number of guanidine groups is 1. The molecule has 1 unspecified atom stereocenters. The molecule has 88 valence electrons. The van der Waals surface area contributed by atoms with Gasteiger partial charge in [-0.2, -0.15) is 0 Å². The zero-order valence-corrected chi connectivity index (χ0v) is 10.1. The summed E-state index contributed by atoms with van der Waals surface area (Å²) >= 11 is 0. The van der Waals surface area contributed by atoms with Crippen LogP contribution in [0.3, 0.4) is 0 Å². The van der Waals surface area contributed by atoms with E-state index in [2.05, 4.69) is 29.5 Å². The highest BCUT2D eigenvalue weighted by Gasteiger charge is 2.29. The van der Waals surface area contributed by atoms with Crippen molar-refractivity contribution in [2.24, 2.45) is 4.99 Å². The summed E-state index contributed by atoms with van der Waals surface area (Å²) in [4.78, 5) is 4.16. The Kier molecular flexibility index (Phi) is 4.88. The van der Waals surface area contributed by atoms with Gasteiger partial charge in [-0.15, -0.1) is 0 Å². The predicted molar refractivity (Wildman–Crippen MR) is 63.2 cm³/mol. The molecule has 0 spiro atoms. The molecular formula is C11H23N3O. The van der Waals surface area contributed by atoms with E-state index >= 15 is 0 Å². The number of hydrogen-bond acceptors (Lipinski definition) is 2. The van der Waals surface area contributed by atoms with Gasteiger partial charge in [0.1, 0.15) is 0 Å². The number of ether oxygens (including phenoxy) is 1. The van der Waals surface area contributed by atoms with Gasteiger partial charge >= 0.3 is 0 Å². The van der Waals surface area contributed by atoms with Gasteiger partial charge in [0, 0.05) is 26.7 Å². The molecule has 1 heterocycles. The third-order valence-corrected chi connectivity index (χ3v) is 2.70. The third kappa shape index (κ3) is 4.08. The van der Waals surface area contributed by atoms with Crippen molar-refractivity contribution in [1.82, 2.24) is 10.6 Å². The van der Waals surface area contributed by atoms with Gasteiger partial charge in [0.25, 0.3) is 0 Å². The van der Waals surface area contributed by atoms with Crippen LogP contribution in [-0.2, 0) is 4.74 Å². The summed E-state index contributed by atoms with van der Waals surface area (Å²) in [6, 6.07) is 0. The molecule has 0 aromatic heterocycles. The fraction of sp³-hybridized carbons (Fsp3) is 0.909. The normalized spacial score (nSPS) is 26.7. The zero-order chi connectivity index (χ0) is 11.1. The number of nitrogens with zero attached hydrogens (tertiary/aromatic N) is 1. The minimum absolute atomic E-state index is 0.0101. The van der Waals surface area contributed by atoms with Crippen molar-refractivity contribution in [3.05, 3.63) is 0 Å². The molecule has 1 aliphatic rings. The minimum atomic E-state index is -0.0101. The summed E-state index contributed by atoms with van der Waals surface area (Å²) < 4.78 is 5.69. The molecule has 0 radical (unpaired) electrons. The Morgan fingerprint density at radius 3 is 2.80 bits per heavy atom. The van der Waals surface area contributed by atoms with Crippen LogP contribution in [0, 0.1) is 0 Å². The van der Waals surface area contributed by atoms with E-state index in [1.54, 1.807) is 7.05 Å². The van der Waals surface area contributed by atoms with Gasteiger partial charge in [0.05, 0.1) is 5.60 Å². The molecule has 0 aromatic carbocycles. The lowest BCUT2D eigenvalue weighted by molar-refractivity contribution is 0.0243. The van der Waals surface area contributed by atoms with Gasteiger partial charge in [-0.25, -0.2) is 0 Å². The van der Waals surface area contributed by atoms with Crippen LogP contribution in [0.4, 0.5) is 0 Å². The molecule has 15 heavy (non-hydrogen) atoms. The first-order chi connectivity index (χ1) is 7.20. The second kappa shape index (κ2) is 5.95. The number of hydrogen-bond donors (Lipinski definition) is 2. The number of rotatable bonds is 4. The van der Waals surface area contributed by atoms with Crippen molar-refractivity contribution in [2.45, 2.75) is 38.7 Å². The topological polar surface area (TPSA) is 45.7 Å². The van der Waals surface area contributed by atoms with E-state index < -0.39 is 0 Å². The highest BCUT2D eigenvalue weighted by molar-refractivity contribution is 5.79. The van der Waals surface area contributed by atoms with Crippen LogP contribution >= 0.6 is 0 Å². The van der Waals surface area contributed by atoms with E-state index in [9.17, 15) is 0 Å². The zero-order valence-electron chi connectivity index (χ0n) is 10.1. The van der Waals surface area contributed by atoms with Gasteiger partial charge in [-0.3, -0.25) is 4.99 Å². The molecule has 1 fully saturated rings. The van der Waals surface area contributed by atoms with E-state index in [-0.39, 0.29) is 5.60 Å². The summed E-state index contributed by atoms with van der Waals surface area (Å²) in [6.07, 6.45) is 3.40. The smallest absolute Gasteiger partial charge is 0.191 e. The number of aliphatic imine (C=N–C) groups is 1. The Labute approximate surface area is 92.5 Å². The Morgan fingerprint density at radius 1 is 1.47 bits per heavy atom. The van der Waals surface area contributed by atoms with Crippen molar-refractivity contribution >= 4 is 5.96 Å². The van der Waals surface area contributed by atoms with E-state index in [0.29, 0.717) is 0 Å². The fourth-order valence-electron chi connectivity index (χ4n) is 1.71. The first-order valence-corrected chi connectivity index (χ1v) is 5.78. The van der Waals surface area contributed by atoms with E-state index in [1.165, 1.54) is 6.42 Å². The second-order valence-corrected chi connectivity index (χ2v) is 4.25. The van der Waals surface area contributed by atoms with Crippen LogP contribution in [0.1, 0.15) is 33.1 Å². The van der Waals surface area contributed by atoms with Gasteiger partial charge in [0.2, 0.25) is 0 Å². The molecule has 1 aliphatic heterocycles. The summed E-state index contributed by atoms with van der Waals surface area (Å²) in [5, 5.41) is 6.54. The maximum Gasteiger partial charge on any atom is 0.191 e. The van der Waals surface area contributed by atoms with Crippen molar-refractivity contribution in [3.63, 3.8) is 0 Å². The lowest BCUT2D eigenvalue weighted by Gasteiger charge is -2.24. The Hall–Kier alpha value is -0.770. The SMILES string of the molecule is CCCNC(=NC)NCC1(C)CCCO1. The number of nitrogens with one attached hydrogen (secondary N) is 2. The summed E-state index contributed by atoms with van der Waals surface area (Å²) in [5.41, 5.74) is -0.0101. The highest BCUT2D eigenvalue weighted by Crippen LogP contribution is 2.23. The van der Waals surface area contributed by atoms with E-state index in [1.807, 2.05) is 0 Å². The Bertz CT molecular complexity index is 210. The molecule has 0 saturated carbocycles. The third-order valence-electron chi connectivity index (χ3n) is 2.70. The maximum atomic E-state index is 5.69. The van der Waals surface area contributed by atoms with Crippen LogP contribution in [-0.4, -0.2) is 38.3 Å². The van der Waals surface area contributed by atoms with Gasteiger partial charge in [-0.1, -0.05) is 6.92 Å². The molecular weight excluding hydrogens is 190 g/mol. The lowest BCUT2D eigenvalue weighted by Crippen LogP contribution is -2.45. The summed E-state index contributed by atoms with van der Waals surface area (Å²) in [7, 11) is 1.79. The van der Waals surface area contributed by atoms with Crippen LogP contribution < -0.4 is 10.6 Å². The Morgan fingerprint density at radius 2 is 2.27 bits per heavy atom. The molecule has 1 rings (SSSR count). The van der Waals surface area contributed by atoms with E-state index in [4.69, 9.17) is 4.74 Å². The maximum absolute atomic E-state index is 5.69. The predicted octanol–water partition coefficient (Wildman–Crippen LogP) is 1.13. The molecule has 0 aliphatic carbocycles. The Balaban J connectivity index is 2.27. The average molecular weight is 213 g/mol. The quantitative estimate of drug-likeness (QED) is 0.543. The highest BCUT2D eigenvalue weighted by atomic mass is 16.5. The molecule has 2 N–H and O–H groups in total. The average Bonchev–Trinajstić information content (AvgIpc) is 2.66. The summed E-state index contributed by atoms with van der Waals surface area (Å²) in [6.45, 7) is 6.97. The monoisotopic (exact) mass is 213 g/mol. The summed E-state index contributed by atoms with van der Waals surface area (Å²) in [5.74, 6) is 0.869. The minimum Gasteiger partial charge on any atom is -0.373 e. The molecule has 0 bridgehead atoms. The van der Waals surface area contributed by atoms with Crippen molar-refractivity contribution < 1.29 is 4.74 Å². The van der Waals surface area contributed by atoms with Crippen molar-refractivity contribution in [3.8, 4) is 0 Å². The molecule has 4 heteroatoms. The van der Waals surface area contributed by atoms with Crippen LogP contribution in [0.2, 0.25) is 0 Å². The second-order valence-electron chi connectivity index (χ2n) is 4.25. The molecule has 0 aromatic rings. The van der Waals surface area contributed by atoms with Crippen molar-refractivity contribution in [1.29, 1.82) is 0 Å². The fourth-order valence-corrected chi connectivity index (χ4v) is 1.71. The van der Waals surface area contributed by atoms with Crippen LogP contribution in [0.15, 0.2) is 4.99 Å². The largest absolute Gasteiger partial charge is 0.373 e. The first kappa shape index (κ1) is 12.3. The van der Waals surface area contributed by atoms with Crippen LogP contribution in [0.5, 0.6) is 0 Å². The van der Waals surface area contributed by atoms with Crippen LogP contribution in [0.25, 0.3) is 0 Å². The molecule has 1 atom stereocenters. The molecule has 4 nitrogen and oxygen atoms in total. The van der Waals surface area contributed by atoms with Gasteiger partial charge in [-0.05, 0) is 26.2 Å². The lowest BCUT2D eigenvalue weighted by atomic mass is 10.0. The van der Waals surface area contributed by atoms with Crippen molar-refractivity contribution in [2.75, 3.05) is 26.7 Å². The molecule has 0 amide bonds. The van der Waals surface area contributed by atoms with E-state index in [0.717, 1.165) is 38.5 Å². The van der Waals surface area contributed by atoms with Gasteiger partial charge < -0.3 is 15.4 Å². The standard InChI is InChI=1S/C11H23N3O/c1-4-7-13-10(12-3)14-9-11(2)6-5-8-15-11/h4-9H2,1-3H3,(H2,12,13,14). The van der Waals surface area contributed by atoms with Gasteiger partial charge in [0.15, 0.2) is 5.96 Å².